The highest BCUT2D eigenvalue weighted by molar-refractivity contribution is 5.70. The summed E-state index contributed by atoms with van der Waals surface area (Å²) in [4.78, 5) is 24.2. The van der Waals surface area contributed by atoms with E-state index >= 15 is 0 Å². The van der Waals surface area contributed by atoms with E-state index in [1.807, 2.05) is 12.2 Å². The maximum absolute atomic E-state index is 12.1. The Kier molecular flexibility index (Phi) is 38.3. The van der Waals surface area contributed by atoms with Crippen molar-refractivity contribution in [2.75, 3.05) is 13.2 Å². The third kappa shape index (κ3) is 38.8. The van der Waals surface area contributed by atoms with Gasteiger partial charge in [0.15, 0.2) is 6.10 Å². The van der Waals surface area contributed by atoms with E-state index in [-0.39, 0.29) is 25.6 Å². The summed E-state index contributed by atoms with van der Waals surface area (Å²) in [7, 11) is 0. The van der Waals surface area contributed by atoms with Gasteiger partial charge in [0.1, 0.15) is 6.61 Å². The fourth-order valence-electron chi connectivity index (χ4n) is 4.54. The van der Waals surface area contributed by atoms with Crippen molar-refractivity contribution < 1.29 is 24.2 Å². The number of allylic oxidation sites excluding steroid dienone is 22. The number of ether oxygens (including phenoxy) is 2. The van der Waals surface area contributed by atoms with Crippen LogP contribution in [0.4, 0.5) is 0 Å². The van der Waals surface area contributed by atoms with Gasteiger partial charge < -0.3 is 14.6 Å². The average molecular weight is 715 g/mol. The van der Waals surface area contributed by atoms with Crippen LogP contribution in [0.5, 0.6) is 0 Å². The van der Waals surface area contributed by atoms with Gasteiger partial charge in [-0.15, -0.1) is 0 Å². The molecule has 0 aromatic rings. The highest BCUT2D eigenvalue weighted by Gasteiger charge is 2.15. The standard InChI is InChI=1S/C47H70O5/c1-3-5-7-9-11-13-15-17-19-21-23-25-27-29-31-33-35-37-39-41-46(49)51-44-45(43-48)52-47(50)42-40-38-36-34-32-30-28-26-24-22-20-18-16-14-12-10-8-6-4-2/h5-8,11-14,17-20,23-26,29-32,36,38,45,48H,3-4,9-10,15-16,21-22,27-28,33-35,37,39-44H2,1-2H3/b7-5-,8-6-,13-11-,14-12-,19-17-,20-18-,25-23-,26-24-,31-29-,32-30-,38-36-/t45-/m0/s1. The quantitative estimate of drug-likeness (QED) is 0.0416. The van der Waals surface area contributed by atoms with E-state index < -0.39 is 12.1 Å². The van der Waals surface area contributed by atoms with E-state index in [1.165, 1.54) is 0 Å². The Balaban J connectivity index is 3.81. The fraction of sp³-hybridized carbons (Fsp3) is 0.489. The second kappa shape index (κ2) is 41.5. The van der Waals surface area contributed by atoms with Crippen LogP contribution in [0.25, 0.3) is 0 Å². The fourth-order valence-corrected chi connectivity index (χ4v) is 4.54. The molecule has 0 aliphatic carbocycles. The molecule has 5 nitrogen and oxygen atoms in total. The largest absolute Gasteiger partial charge is 0.462 e. The van der Waals surface area contributed by atoms with Crippen LogP contribution in [0.3, 0.4) is 0 Å². The minimum Gasteiger partial charge on any atom is -0.462 e. The molecule has 288 valence electrons. The zero-order valence-electron chi connectivity index (χ0n) is 32.5. The number of aliphatic hydroxyl groups is 1. The summed E-state index contributed by atoms with van der Waals surface area (Å²) in [5, 5.41) is 9.55. The van der Waals surface area contributed by atoms with Crippen molar-refractivity contribution in [3.05, 3.63) is 134 Å². The molecule has 0 unspecified atom stereocenters. The molecular weight excluding hydrogens is 645 g/mol. The molecule has 5 heteroatoms. The number of hydrogen-bond donors (Lipinski definition) is 1. The number of hydrogen-bond acceptors (Lipinski definition) is 5. The van der Waals surface area contributed by atoms with Crippen LogP contribution < -0.4 is 0 Å². The van der Waals surface area contributed by atoms with E-state index in [1.54, 1.807) is 0 Å². The molecule has 0 aliphatic heterocycles. The molecule has 0 saturated heterocycles. The lowest BCUT2D eigenvalue weighted by Gasteiger charge is -2.15. The molecule has 0 aliphatic rings. The van der Waals surface area contributed by atoms with E-state index in [0.29, 0.717) is 12.8 Å². The summed E-state index contributed by atoms with van der Waals surface area (Å²) < 4.78 is 10.5. The Labute approximate surface area is 317 Å². The first-order valence-corrected chi connectivity index (χ1v) is 19.7. The van der Waals surface area contributed by atoms with Crippen molar-refractivity contribution in [1.29, 1.82) is 0 Å². The van der Waals surface area contributed by atoms with Crippen LogP contribution in [-0.4, -0.2) is 36.4 Å². The minimum absolute atomic E-state index is 0.124. The summed E-state index contributed by atoms with van der Waals surface area (Å²) in [6, 6.07) is 0. The Morgan fingerprint density at radius 3 is 1.19 bits per heavy atom. The zero-order valence-corrected chi connectivity index (χ0v) is 32.5. The van der Waals surface area contributed by atoms with Gasteiger partial charge in [0.05, 0.1) is 6.61 Å². The molecule has 0 saturated carbocycles. The van der Waals surface area contributed by atoms with Gasteiger partial charge in [0, 0.05) is 12.8 Å². The molecule has 0 rings (SSSR count). The lowest BCUT2D eigenvalue weighted by atomic mass is 10.1. The Hall–Kier alpha value is -3.96. The molecule has 0 heterocycles. The van der Waals surface area contributed by atoms with Crippen LogP contribution in [0.1, 0.15) is 129 Å². The smallest absolute Gasteiger partial charge is 0.306 e. The molecule has 0 aromatic carbocycles. The summed E-state index contributed by atoms with van der Waals surface area (Å²) >= 11 is 0. The average Bonchev–Trinajstić information content (AvgIpc) is 3.15. The number of carbonyl (C=O) groups excluding carboxylic acids is 2. The van der Waals surface area contributed by atoms with E-state index in [2.05, 4.69) is 135 Å². The highest BCUT2D eigenvalue weighted by atomic mass is 16.6. The first-order valence-electron chi connectivity index (χ1n) is 19.7. The molecule has 0 aromatic heterocycles. The predicted octanol–water partition coefficient (Wildman–Crippen LogP) is 12.6. The van der Waals surface area contributed by atoms with E-state index in [9.17, 15) is 14.7 Å². The van der Waals surface area contributed by atoms with Crippen LogP contribution in [0.15, 0.2) is 134 Å². The second-order valence-electron chi connectivity index (χ2n) is 12.2. The number of esters is 2. The van der Waals surface area contributed by atoms with Crippen molar-refractivity contribution >= 4 is 11.9 Å². The summed E-state index contributed by atoms with van der Waals surface area (Å²) in [6.45, 7) is 3.79. The topological polar surface area (TPSA) is 72.8 Å². The maximum atomic E-state index is 12.1. The summed E-state index contributed by atoms with van der Waals surface area (Å²) in [6.07, 6.45) is 62.3. The van der Waals surface area contributed by atoms with Gasteiger partial charge in [-0.05, 0) is 96.3 Å². The molecule has 1 atom stereocenters. The lowest BCUT2D eigenvalue weighted by molar-refractivity contribution is -0.161. The van der Waals surface area contributed by atoms with Gasteiger partial charge >= 0.3 is 11.9 Å². The van der Waals surface area contributed by atoms with Crippen LogP contribution in [0.2, 0.25) is 0 Å². The molecule has 1 N–H and O–H groups in total. The predicted molar refractivity (Wildman–Crippen MR) is 223 cm³/mol. The van der Waals surface area contributed by atoms with E-state index in [4.69, 9.17) is 9.47 Å². The lowest BCUT2D eigenvalue weighted by Crippen LogP contribution is -2.28. The van der Waals surface area contributed by atoms with Crippen molar-refractivity contribution in [1.82, 2.24) is 0 Å². The van der Waals surface area contributed by atoms with Crippen LogP contribution in [-0.2, 0) is 19.1 Å². The van der Waals surface area contributed by atoms with Gasteiger partial charge in [-0.25, -0.2) is 0 Å². The Morgan fingerprint density at radius 1 is 0.442 bits per heavy atom. The monoisotopic (exact) mass is 715 g/mol. The summed E-state index contributed by atoms with van der Waals surface area (Å²) in [5.74, 6) is -0.743. The Bertz CT molecular complexity index is 1170. The second-order valence-corrected chi connectivity index (χ2v) is 12.2. The van der Waals surface area contributed by atoms with Crippen molar-refractivity contribution in [2.24, 2.45) is 0 Å². The van der Waals surface area contributed by atoms with Gasteiger partial charge in [0.25, 0.3) is 0 Å². The minimum atomic E-state index is -0.836. The summed E-state index contributed by atoms with van der Waals surface area (Å²) in [5.41, 5.74) is 0. The molecule has 0 amide bonds. The zero-order chi connectivity index (χ0) is 37.8. The van der Waals surface area contributed by atoms with Crippen LogP contribution >= 0.6 is 0 Å². The van der Waals surface area contributed by atoms with Crippen molar-refractivity contribution in [2.45, 2.75) is 136 Å². The van der Waals surface area contributed by atoms with Crippen molar-refractivity contribution in [3.63, 3.8) is 0 Å². The first-order chi connectivity index (χ1) is 25.6. The number of aliphatic hydroxyl groups excluding tert-OH is 1. The molecule has 0 spiro atoms. The van der Waals surface area contributed by atoms with Gasteiger partial charge in [-0.1, -0.05) is 154 Å². The SMILES string of the molecule is CC/C=C\C/C=C\C/C=C\C/C=C\C/C=C\C/C=C\CCC(=O)O[C@@H](CO)COC(=O)CCCCC/C=C\C/C=C\C/C=C\C/C=C\C/C=C\CC. The number of rotatable bonds is 33. The van der Waals surface area contributed by atoms with Gasteiger partial charge in [-0.3, -0.25) is 9.59 Å². The maximum Gasteiger partial charge on any atom is 0.306 e. The molecule has 0 fully saturated rings. The molecular formula is C47H70O5. The van der Waals surface area contributed by atoms with Gasteiger partial charge in [-0.2, -0.15) is 0 Å². The third-order valence-electron chi connectivity index (χ3n) is 7.45. The highest BCUT2D eigenvalue weighted by Crippen LogP contribution is 2.07. The number of carbonyl (C=O) groups is 2. The molecule has 0 radical (unpaired) electrons. The van der Waals surface area contributed by atoms with Gasteiger partial charge in [0.2, 0.25) is 0 Å². The molecule has 52 heavy (non-hydrogen) atoms. The van der Waals surface area contributed by atoms with Crippen molar-refractivity contribution in [3.8, 4) is 0 Å². The third-order valence-corrected chi connectivity index (χ3v) is 7.45. The normalized spacial score (nSPS) is 13.7. The first kappa shape index (κ1) is 48.0. The Morgan fingerprint density at radius 2 is 0.808 bits per heavy atom. The molecule has 0 bridgehead atoms. The van der Waals surface area contributed by atoms with E-state index in [0.717, 1.165) is 96.3 Å². The van der Waals surface area contributed by atoms with Crippen LogP contribution in [0, 0.1) is 0 Å². The number of unbranched alkanes of at least 4 members (excludes halogenated alkanes) is 3.